The minimum Gasteiger partial charge on any atom is -0.349 e. The van der Waals surface area contributed by atoms with Gasteiger partial charge in [0.25, 0.3) is 0 Å². The number of pyridine rings is 2. The Bertz CT molecular complexity index is 1410. The Morgan fingerprint density at radius 2 is 1.97 bits per heavy atom. The van der Waals surface area contributed by atoms with Crippen molar-refractivity contribution in [3.05, 3.63) is 72.2 Å². The number of nitrogens with one attached hydrogen (secondary N) is 1. The Morgan fingerprint density at radius 3 is 2.83 bits per heavy atom. The molecule has 0 spiro atoms. The fourth-order valence-electron chi connectivity index (χ4n) is 5.79. The number of piperidine rings is 1. The molecule has 1 N–H and O–H groups in total. The van der Waals surface area contributed by atoms with Crippen LogP contribution in [0.1, 0.15) is 57.2 Å². The standard InChI is InChI=1S/C28H30F2N6/c1-28(2)15-20(9-12-32-28)36-17-18(16-33-36)21-10-11-31-24-7-8-26(34-27(21)24)35-13-3-4-25(35)22-14-19(29)5-6-23(22)30/h5-8,10-11,14,16-17,20,25,32H,3-4,9,12-13,15H2,1-2H3. The molecule has 2 aliphatic heterocycles. The van der Waals surface area contributed by atoms with E-state index >= 15 is 0 Å². The monoisotopic (exact) mass is 488 g/mol. The molecule has 2 atom stereocenters. The lowest BCUT2D eigenvalue weighted by atomic mass is 9.89. The molecule has 3 aromatic heterocycles. The van der Waals surface area contributed by atoms with Crippen molar-refractivity contribution in [2.75, 3.05) is 18.0 Å². The lowest BCUT2D eigenvalue weighted by Crippen LogP contribution is -2.46. The summed E-state index contributed by atoms with van der Waals surface area (Å²) < 4.78 is 30.6. The third kappa shape index (κ3) is 4.23. The number of aromatic nitrogens is 4. The maximum Gasteiger partial charge on any atom is 0.129 e. The van der Waals surface area contributed by atoms with Crippen LogP contribution in [-0.2, 0) is 0 Å². The number of rotatable bonds is 4. The van der Waals surface area contributed by atoms with Gasteiger partial charge in [-0.3, -0.25) is 9.67 Å². The van der Waals surface area contributed by atoms with Crippen molar-refractivity contribution in [1.29, 1.82) is 0 Å². The number of anilines is 1. The second kappa shape index (κ2) is 8.92. The van der Waals surface area contributed by atoms with Gasteiger partial charge in [-0.2, -0.15) is 5.10 Å². The molecular formula is C28H30F2N6. The molecule has 2 saturated heterocycles. The van der Waals surface area contributed by atoms with Crippen LogP contribution in [-0.4, -0.2) is 38.4 Å². The molecule has 2 unspecified atom stereocenters. The van der Waals surface area contributed by atoms with Crippen molar-refractivity contribution in [2.24, 2.45) is 0 Å². The quantitative estimate of drug-likeness (QED) is 0.393. The van der Waals surface area contributed by atoms with E-state index in [0.717, 1.165) is 72.8 Å². The van der Waals surface area contributed by atoms with Crippen LogP contribution in [0, 0.1) is 11.6 Å². The van der Waals surface area contributed by atoms with Crippen molar-refractivity contribution in [3.8, 4) is 11.1 Å². The zero-order valence-corrected chi connectivity index (χ0v) is 20.6. The average molecular weight is 489 g/mol. The van der Waals surface area contributed by atoms with Crippen LogP contribution in [0.2, 0.25) is 0 Å². The molecule has 6 rings (SSSR count). The fraction of sp³-hybridized carbons (Fsp3) is 0.393. The van der Waals surface area contributed by atoms with E-state index in [0.29, 0.717) is 11.6 Å². The minimum atomic E-state index is -0.426. The maximum atomic E-state index is 14.6. The molecule has 0 saturated carbocycles. The first-order valence-corrected chi connectivity index (χ1v) is 12.6. The highest BCUT2D eigenvalue weighted by Gasteiger charge is 2.31. The Morgan fingerprint density at radius 1 is 1.08 bits per heavy atom. The smallest absolute Gasteiger partial charge is 0.129 e. The summed E-state index contributed by atoms with van der Waals surface area (Å²) in [6, 6.07) is 9.62. The van der Waals surface area contributed by atoms with Crippen LogP contribution in [0.3, 0.4) is 0 Å². The molecular weight excluding hydrogens is 458 g/mol. The van der Waals surface area contributed by atoms with Gasteiger partial charge in [-0.15, -0.1) is 0 Å². The molecule has 186 valence electrons. The molecule has 2 aliphatic rings. The van der Waals surface area contributed by atoms with Gasteiger partial charge in [0.15, 0.2) is 0 Å². The molecule has 0 aliphatic carbocycles. The van der Waals surface area contributed by atoms with E-state index in [4.69, 9.17) is 10.1 Å². The SMILES string of the molecule is CC1(C)CC(n2cc(-c3ccnc4ccc(N5CCCC5c5cc(F)ccc5F)nc34)cn2)CCN1. The molecule has 0 bridgehead atoms. The van der Waals surface area contributed by atoms with Crippen LogP contribution in [0.4, 0.5) is 14.6 Å². The fourth-order valence-corrected chi connectivity index (χ4v) is 5.79. The van der Waals surface area contributed by atoms with E-state index in [1.165, 1.54) is 12.1 Å². The third-order valence-corrected chi connectivity index (χ3v) is 7.55. The van der Waals surface area contributed by atoms with Crippen molar-refractivity contribution < 1.29 is 8.78 Å². The molecule has 0 amide bonds. The Hall–Kier alpha value is -3.39. The van der Waals surface area contributed by atoms with Crippen LogP contribution < -0.4 is 10.2 Å². The summed E-state index contributed by atoms with van der Waals surface area (Å²) in [6.07, 6.45) is 9.50. The lowest BCUT2D eigenvalue weighted by Gasteiger charge is -2.36. The summed E-state index contributed by atoms with van der Waals surface area (Å²) >= 11 is 0. The Balaban J connectivity index is 1.36. The zero-order chi connectivity index (χ0) is 24.9. The first-order valence-electron chi connectivity index (χ1n) is 12.6. The number of hydrogen-bond acceptors (Lipinski definition) is 5. The first kappa shape index (κ1) is 23.0. The minimum absolute atomic E-state index is 0.0856. The normalized spacial score (nSPS) is 21.8. The summed E-state index contributed by atoms with van der Waals surface area (Å²) in [5.41, 5.74) is 4.01. The maximum absolute atomic E-state index is 14.6. The van der Waals surface area contributed by atoms with Gasteiger partial charge < -0.3 is 10.2 Å². The molecule has 8 heteroatoms. The highest BCUT2D eigenvalue weighted by molar-refractivity contribution is 5.91. The summed E-state index contributed by atoms with van der Waals surface area (Å²) in [5.74, 6) is -0.0642. The van der Waals surface area contributed by atoms with Gasteiger partial charge in [0.1, 0.15) is 17.5 Å². The van der Waals surface area contributed by atoms with E-state index in [1.807, 2.05) is 24.4 Å². The number of benzene rings is 1. The van der Waals surface area contributed by atoms with Crippen molar-refractivity contribution >= 4 is 16.9 Å². The molecule has 5 heterocycles. The second-order valence-corrected chi connectivity index (χ2v) is 10.6. The predicted molar refractivity (Wildman–Crippen MR) is 137 cm³/mol. The van der Waals surface area contributed by atoms with Crippen molar-refractivity contribution in [2.45, 2.75) is 57.2 Å². The molecule has 1 aromatic carbocycles. The summed E-state index contributed by atoms with van der Waals surface area (Å²) in [4.78, 5) is 11.6. The lowest BCUT2D eigenvalue weighted by molar-refractivity contribution is 0.221. The van der Waals surface area contributed by atoms with Crippen molar-refractivity contribution in [1.82, 2.24) is 25.1 Å². The van der Waals surface area contributed by atoms with Gasteiger partial charge in [0, 0.05) is 41.2 Å². The van der Waals surface area contributed by atoms with E-state index in [9.17, 15) is 8.78 Å². The van der Waals surface area contributed by atoms with Crippen molar-refractivity contribution in [3.63, 3.8) is 0 Å². The number of fused-ring (bicyclic) bond motifs is 1. The molecule has 6 nitrogen and oxygen atoms in total. The largest absolute Gasteiger partial charge is 0.349 e. The highest BCUT2D eigenvalue weighted by Crippen LogP contribution is 2.38. The highest BCUT2D eigenvalue weighted by atomic mass is 19.1. The number of hydrogen-bond donors (Lipinski definition) is 1. The summed E-state index contributed by atoms with van der Waals surface area (Å²) in [7, 11) is 0. The molecule has 0 radical (unpaired) electrons. The zero-order valence-electron chi connectivity index (χ0n) is 20.6. The summed E-state index contributed by atoms with van der Waals surface area (Å²) in [6.45, 7) is 6.16. The van der Waals surface area contributed by atoms with Gasteiger partial charge in [-0.1, -0.05) is 0 Å². The van der Waals surface area contributed by atoms with Crippen LogP contribution in [0.25, 0.3) is 22.2 Å². The van der Waals surface area contributed by atoms with E-state index in [1.54, 1.807) is 6.20 Å². The Labute approximate surface area is 209 Å². The van der Waals surface area contributed by atoms with E-state index < -0.39 is 5.82 Å². The van der Waals surface area contributed by atoms with Gasteiger partial charge in [0.2, 0.25) is 0 Å². The molecule has 36 heavy (non-hydrogen) atoms. The van der Waals surface area contributed by atoms with Gasteiger partial charge in [-0.05, 0) is 82.5 Å². The predicted octanol–water partition coefficient (Wildman–Crippen LogP) is 5.82. The van der Waals surface area contributed by atoms with Gasteiger partial charge >= 0.3 is 0 Å². The van der Waals surface area contributed by atoms with E-state index in [2.05, 4.69) is 39.9 Å². The van der Waals surface area contributed by atoms with Crippen LogP contribution in [0.15, 0.2) is 55.0 Å². The van der Waals surface area contributed by atoms with Crippen LogP contribution in [0.5, 0.6) is 0 Å². The van der Waals surface area contributed by atoms with E-state index in [-0.39, 0.29) is 17.4 Å². The second-order valence-electron chi connectivity index (χ2n) is 10.6. The summed E-state index contributed by atoms with van der Waals surface area (Å²) in [5, 5.41) is 8.28. The van der Waals surface area contributed by atoms with Gasteiger partial charge in [-0.25, -0.2) is 13.8 Å². The first-order chi connectivity index (χ1) is 17.4. The average Bonchev–Trinajstić information content (AvgIpc) is 3.55. The van der Waals surface area contributed by atoms with Crippen LogP contribution >= 0.6 is 0 Å². The molecule has 4 aromatic rings. The topological polar surface area (TPSA) is 58.9 Å². The third-order valence-electron chi connectivity index (χ3n) is 7.55. The number of halogens is 2. The Kier molecular flexibility index (Phi) is 5.71. The molecule has 2 fully saturated rings. The van der Waals surface area contributed by atoms with Gasteiger partial charge in [0.05, 0.1) is 29.3 Å². The number of nitrogens with zero attached hydrogens (tertiary/aromatic N) is 5.